The molecule has 0 saturated heterocycles. The number of hydrogen-bond acceptors (Lipinski definition) is 2. The molecule has 1 aromatic heterocycles. The molecule has 18 heavy (non-hydrogen) atoms. The van der Waals surface area contributed by atoms with Crippen molar-refractivity contribution in [3.05, 3.63) is 28.5 Å². The van der Waals surface area contributed by atoms with Gasteiger partial charge in [0.1, 0.15) is 4.64 Å². The summed E-state index contributed by atoms with van der Waals surface area (Å²) < 4.78 is 0.515. The smallest absolute Gasteiger partial charge is 0.254 e. The monoisotopic (exact) mass is 264 g/mol. The molecule has 1 fully saturated rings. The third-order valence-corrected chi connectivity index (χ3v) is 3.84. The van der Waals surface area contributed by atoms with E-state index in [4.69, 9.17) is 12.2 Å². The molecular formula is C14H20N2OS. The van der Waals surface area contributed by atoms with E-state index >= 15 is 0 Å². The maximum absolute atomic E-state index is 12.1. The number of hydrogen-bond donors (Lipinski definition) is 2. The van der Waals surface area contributed by atoms with Crippen LogP contribution in [-0.2, 0) is 0 Å². The molecule has 1 amide bonds. The lowest BCUT2D eigenvalue weighted by Crippen LogP contribution is -2.35. The molecule has 1 saturated carbocycles. The number of rotatable bonds is 2. The van der Waals surface area contributed by atoms with Crippen molar-refractivity contribution in [1.29, 1.82) is 0 Å². The van der Waals surface area contributed by atoms with Crippen molar-refractivity contribution in [2.75, 3.05) is 0 Å². The lowest BCUT2D eigenvalue weighted by Gasteiger charge is -2.21. The van der Waals surface area contributed by atoms with E-state index in [1.54, 1.807) is 12.3 Å². The Balaban J connectivity index is 1.97. The topological polar surface area (TPSA) is 44.9 Å². The zero-order valence-electron chi connectivity index (χ0n) is 10.6. The largest absolute Gasteiger partial charge is 0.352 e. The Bertz CT molecular complexity index is 447. The number of pyridine rings is 1. The number of nitrogens with one attached hydrogen (secondary N) is 2. The SMILES string of the molecule is O=C(NC1CCCCCCC1)c1ccc[nH]c1=S. The van der Waals surface area contributed by atoms with Gasteiger partial charge in [0, 0.05) is 12.2 Å². The van der Waals surface area contributed by atoms with Crippen molar-refractivity contribution in [3.63, 3.8) is 0 Å². The molecule has 2 N–H and O–H groups in total. The summed E-state index contributed by atoms with van der Waals surface area (Å²) in [6, 6.07) is 3.90. The van der Waals surface area contributed by atoms with Gasteiger partial charge in [0.25, 0.3) is 5.91 Å². The molecule has 4 heteroatoms. The maximum atomic E-state index is 12.1. The molecule has 1 aliphatic rings. The fourth-order valence-electron chi connectivity index (χ4n) is 2.46. The minimum absolute atomic E-state index is 0.0394. The third-order valence-electron chi connectivity index (χ3n) is 3.50. The highest BCUT2D eigenvalue weighted by Crippen LogP contribution is 2.17. The van der Waals surface area contributed by atoms with Crippen molar-refractivity contribution in [2.24, 2.45) is 0 Å². The predicted molar refractivity (Wildman–Crippen MR) is 75.2 cm³/mol. The Labute approximate surface area is 113 Å². The Morgan fingerprint density at radius 3 is 2.56 bits per heavy atom. The molecule has 1 aromatic rings. The van der Waals surface area contributed by atoms with Gasteiger partial charge in [-0.2, -0.15) is 0 Å². The minimum atomic E-state index is -0.0394. The van der Waals surface area contributed by atoms with E-state index in [1.165, 1.54) is 32.1 Å². The number of carbonyl (C=O) groups is 1. The first-order chi connectivity index (χ1) is 8.77. The van der Waals surface area contributed by atoms with Gasteiger partial charge < -0.3 is 10.3 Å². The molecule has 0 radical (unpaired) electrons. The second kappa shape index (κ2) is 6.69. The molecule has 0 aliphatic heterocycles. The third kappa shape index (κ3) is 3.67. The summed E-state index contributed by atoms with van der Waals surface area (Å²) >= 11 is 5.13. The van der Waals surface area contributed by atoms with Gasteiger partial charge in [-0.1, -0.05) is 44.3 Å². The van der Waals surface area contributed by atoms with Crippen LogP contribution in [0.4, 0.5) is 0 Å². The van der Waals surface area contributed by atoms with Gasteiger partial charge in [-0.05, 0) is 25.0 Å². The highest BCUT2D eigenvalue weighted by atomic mass is 32.1. The minimum Gasteiger partial charge on any atom is -0.352 e. The Morgan fingerprint density at radius 1 is 1.22 bits per heavy atom. The van der Waals surface area contributed by atoms with Crippen LogP contribution in [0, 0.1) is 4.64 Å². The predicted octanol–water partition coefficient (Wildman–Crippen LogP) is 3.59. The summed E-state index contributed by atoms with van der Waals surface area (Å²) in [5, 5.41) is 3.12. The Kier molecular flexibility index (Phi) is 4.93. The molecule has 0 atom stereocenters. The van der Waals surface area contributed by atoms with E-state index in [-0.39, 0.29) is 5.91 Å². The lowest BCUT2D eigenvalue weighted by molar-refractivity contribution is 0.0929. The van der Waals surface area contributed by atoms with Crippen molar-refractivity contribution >= 4 is 18.1 Å². The number of aromatic nitrogens is 1. The summed E-state index contributed by atoms with van der Waals surface area (Å²) in [6.45, 7) is 0. The van der Waals surface area contributed by atoms with Gasteiger partial charge in [-0.15, -0.1) is 0 Å². The van der Waals surface area contributed by atoms with Crippen molar-refractivity contribution in [3.8, 4) is 0 Å². The first kappa shape index (κ1) is 13.3. The average Bonchev–Trinajstić information content (AvgIpc) is 2.33. The Morgan fingerprint density at radius 2 is 1.89 bits per heavy atom. The summed E-state index contributed by atoms with van der Waals surface area (Å²) in [7, 11) is 0. The molecule has 98 valence electrons. The van der Waals surface area contributed by atoms with Gasteiger partial charge >= 0.3 is 0 Å². The fourth-order valence-corrected chi connectivity index (χ4v) is 2.69. The molecule has 0 aromatic carbocycles. The van der Waals surface area contributed by atoms with Gasteiger partial charge in [0.05, 0.1) is 5.56 Å². The number of carbonyl (C=O) groups excluding carboxylic acids is 1. The van der Waals surface area contributed by atoms with Gasteiger partial charge in [-0.25, -0.2) is 0 Å². The summed E-state index contributed by atoms with van der Waals surface area (Å²) in [4.78, 5) is 15.0. The number of aromatic amines is 1. The summed E-state index contributed by atoms with van der Waals surface area (Å²) in [5.74, 6) is -0.0394. The van der Waals surface area contributed by atoms with Crippen molar-refractivity contribution < 1.29 is 4.79 Å². The van der Waals surface area contributed by atoms with Crippen LogP contribution in [0.15, 0.2) is 18.3 Å². The number of amides is 1. The summed E-state index contributed by atoms with van der Waals surface area (Å²) in [5.41, 5.74) is 0.578. The van der Waals surface area contributed by atoms with E-state index < -0.39 is 0 Å². The summed E-state index contributed by atoms with van der Waals surface area (Å²) in [6.07, 6.45) is 10.3. The van der Waals surface area contributed by atoms with Crippen LogP contribution in [0.2, 0.25) is 0 Å². The molecule has 0 bridgehead atoms. The van der Waals surface area contributed by atoms with Crippen LogP contribution < -0.4 is 5.32 Å². The van der Waals surface area contributed by atoms with Crippen molar-refractivity contribution in [2.45, 2.75) is 51.0 Å². The molecule has 3 nitrogen and oxygen atoms in total. The molecular weight excluding hydrogens is 244 g/mol. The van der Waals surface area contributed by atoms with E-state index in [2.05, 4.69) is 10.3 Å². The van der Waals surface area contributed by atoms with Crippen LogP contribution in [0.1, 0.15) is 55.3 Å². The zero-order valence-corrected chi connectivity index (χ0v) is 11.4. The van der Waals surface area contributed by atoms with Gasteiger partial charge in [0.15, 0.2) is 0 Å². The highest BCUT2D eigenvalue weighted by molar-refractivity contribution is 7.71. The molecule has 1 aliphatic carbocycles. The van der Waals surface area contributed by atoms with Crippen LogP contribution >= 0.6 is 12.2 Å². The van der Waals surface area contributed by atoms with Gasteiger partial charge in [-0.3, -0.25) is 4.79 Å². The quantitative estimate of drug-likeness (QED) is 0.802. The van der Waals surface area contributed by atoms with E-state index in [9.17, 15) is 4.79 Å². The van der Waals surface area contributed by atoms with E-state index in [0.717, 1.165) is 12.8 Å². The highest BCUT2D eigenvalue weighted by Gasteiger charge is 2.15. The standard InChI is InChI=1S/C14H20N2OS/c17-13(12-9-6-10-15-14(12)18)16-11-7-4-2-1-3-5-8-11/h6,9-11H,1-5,7-8H2,(H,15,18)(H,16,17). The first-order valence-electron chi connectivity index (χ1n) is 6.76. The molecule has 0 unspecified atom stereocenters. The molecule has 1 heterocycles. The first-order valence-corrected chi connectivity index (χ1v) is 7.17. The van der Waals surface area contributed by atoms with Crippen LogP contribution in [-0.4, -0.2) is 16.9 Å². The zero-order chi connectivity index (χ0) is 12.8. The second-order valence-corrected chi connectivity index (χ2v) is 5.34. The maximum Gasteiger partial charge on any atom is 0.254 e. The number of H-pyrrole nitrogens is 1. The molecule has 0 spiro atoms. The fraction of sp³-hybridized carbons (Fsp3) is 0.571. The van der Waals surface area contributed by atoms with Gasteiger partial charge in [0.2, 0.25) is 0 Å². The van der Waals surface area contributed by atoms with Crippen LogP contribution in [0.3, 0.4) is 0 Å². The van der Waals surface area contributed by atoms with E-state index in [1.807, 2.05) is 6.07 Å². The Hall–Kier alpha value is -1.16. The second-order valence-electron chi connectivity index (χ2n) is 4.93. The van der Waals surface area contributed by atoms with E-state index in [0.29, 0.717) is 16.2 Å². The lowest BCUT2D eigenvalue weighted by atomic mass is 9.96. The average molecular weight is 264 g/mol. The van der Waals surface area contributed by atoms with Crippen molar-refractivity contribution in [1.82, 2.24) is 10.3 Å². The normalized spacial score (nSPS) is 17.8. The van der Waals surface area contributed by atoms with Crippen LogP contribution in [0.5, 0.6) is 0 Å². The van der Waals surface area contributed by atoms with Crippen LogP contribution in [0.25, 0.3) is 0 Å². The molecule has 2 rings (SSSR count).